The fourth-order valence-corrected chi connectivity index (χ4v) is 5.44. The summed E-state index contributed by atoms with van der Waals surface area (Å²) in [7, 11) is -3.16. The Kier molecular flexibility index (Phi) is 5.35. The molecule has 1 amide bonds. The van der Waals surface area contributed by atoms with E-state index in [9.17, 15) is 13.2 Å². The first-order chi connectivity index (χ1) is 13.8. The lowest BCUT2D eigenvalue weighted by Crippen LogP contribution is -2.40. The van der Waals surface area contributed by atoms with Crippen molar-refractivity contribution in [3.05, 3.63) is 64.2 Å². The summed E-state index contributed by atoms with van der Waals surface area (Å²) >= 11 is 3.25. The van der Waals surface area contributed by atoms with Gasteiger partial charge in [0.2, 0.25) is 0 Å². The molecule has 9 heteroatoms. The second-order valence-corrected chi connectivity index (χ2v) is 10.1. The monoisotopic (exact) mass is 478 g/mol. The van der Waals surface area contributed by atoms with Crippen molar-refractivity contribution in [3.63, 3.8) is 0 Å². The van der Waals surface area contributed by atoms with Gasteiger partial charge in [-0.1, -0.05) is 35.0 Å². The Hall–Kier alpha value is -2.39. The van der Waals surface area contributed by atoms with Gasteiger partial charge in [-0.25, -0.2) is 8.42 Å². The zero-order chi connectivity index (χ0) is 20.6. The summed E-state index contributed by atoms with van der Waals surface area (Å²) in [4.78, 5) is 14.7. The molecule has 1 aromatic carbocycles. The number of aryl methyl sites for hydroxylation is 1. The number of rotatable bonds is 5. The highest BCUT2D eigenvalue weighted by Crippen LogP contribution is 2.26. The van der Waals surface area contributed by atoms with Crippen molar-refractivity contribution in [2.45, 2.75) is 25.9 Å². The van der Waals surface area contributed by atoms with E-state index < -0.39 is 15.9 Å². The van der Waals surface area contributed by atoms with Crippen molar-refractivity contribution < 1.29 is 22.2 Å². The SMILES string of the molecule is Cc1ccc(-c2cc(C(=O)N(Cc3ccc(Br)o3)C3CCS(=O)(=O)C3)no2)cc1. The lowest BCUT2D eigenvalue weighted by Gasteiger charge is -2.26. The maximum atomic E-state index is 13.2. The van der Waals surface area contributed by atoms with Crippen LogP contribution >= 0.6 is 15.9 Å². The molecule has 1 aliphatic heterocycles. The minimum absolute atomic E-state index is 0.0662. The average Bonchev–Trinajstić information content (AvgIpc) is 3.40. The first-order valence-corrected chi connectivity index (χ1v) is 11.7. The van der Waals surface area contributed by atoms with Gasteiger partial charge in [-0.2, -0.15) is 0 Å². The lowest BCUT2D eigenvalue weighted by atomic mass is 10.1. The van der Waals surface area contributed by atoms with Gasteiger partial charge >= 0.3 is 0 Å². The van der Waals surface area contributed by atoms with Gasteiger partial charge in [0.05, 0.1) is 18.1 Å². The molecule has 1 saturated heterocycles. The van der Waals surface area contributed by atoms with Gasteiger partial charge in [-0.15, -0.1) is 0 Å². The van der Waals surface area contributed by atoms with Crippen molar-refractivity contribution in [1.29, 1.82) is 0 Å². The van der Waals surface area contributed by atoms with Crippen LogP contribution in [-0.2, 0) is 16.4 Å². The fraction of sp³-hybridized carbons (Fsp3) is 0.300. The van der Waals surface area contributed by atoms with Crippen LogP contribution in [0.4, 0.5) is 0 Å². The number of amides is 1. The molecule has 152 valence electrons. The van der Waals surface area contributed by atoms with Crippen molar-refractivity contribution in [2.24, 2.45) is 0 Å². The number of halogens is 1. The summed E-state index contributed by atoms with van der Waals surface area (Å²) in [6, 6.07) is 12.3. The van der Waals surface area contributed by atoms with Crippen LogP contribution in [-0.4, -0.2) is 41.9 Å². The summed E-state index contributed by atoms with van der Waals surface area (Å²) in [5, 5.41) is 3.93. The number of nitrogens with zero attached hydrogens (tertiary/aromatic N) is 2. The Labute approximate surface area is 176 Å². The molecular weight excluding hydrogens is 460 g/mol. The highest BCUT2D eigenvalue weighted by molar-refractivity contribution is 9.10. The summed E-state index contributed by atoms with van der Waals surface area (Å²) in [5.74, 6) is 0.645. The largest absolute Gasteiger partial charge is 0.452 e. The molecule has 0 spiro atoms. The van der Waals surface area contributed by atoms with Crippen LogP contribution in [0, 0.1) is 6.92 Å². The maximum absolute atomic E-state index is 13.2. The molecule has 3 heterocycles. The number of benzene rings is 1. The molecule has 1 aliphatic rings. The van der Waals surface area contributed by atoms with Crippen molar-refractivity contribution >= 4 is 31.7 Å². The van der Waals surface area contributed by atoms with E-state index in [4.69, 9.17) is 8.94 Å². The number of aromatic nitrogens is 1. The number of furan rings is 1. The van der Waals surface area contributed by atoms with Crippen molar-refractivity contribution in [3.8, 4) is 11.3 Å². The highest BCUT2D eigenvalue weighted by atomic mass is 79.9. The smallest absolute Gasteiger partial charge is 0.276 e. The second kappa shape index (κ2) is 7.79. The van der Waals surface area contributed by atoms with Gasteiger partial charge in [0, 0.05) is 17.7 Å². The van der Waals surface area contributed by atoms with Gasteiger partial charge < -0.3 is 13.8 Å². The first kappa shape index (κ1) is 19.9. The zero-order valence-corrected chi connectivity index (χ0v) is 18.1. The molecule has 4 rings (SSSR count). The number of carbonyl (C=O) groups excluding carboxylic acids is 1. The quantitative estimate of drug-likeness (QED) is 0.552. The van der Waals surface area contributed by atoms with E-state index in [1.807, 2.05) is 31.2 Å². The Balaban J connectivity index is 1.61. The van der Waals surface area contributed by atoms with Gasteiger partial charge in [0.25, 0.3) is 5.91 Å². The summed E-state index contributed by atoms with van der Waals surface area (Å²) in [6.45, 7) is 2.14. The summed E-state index contributed by atoms with van der Waals surface area (Å²) in [5.41, 5.74) is 2.06. The maximum Gasteiger partial charge on any atom is 0.276 e. The molecule has 7 nitrogen and oxygen atoms in total. The number of sulfone groups is 1. The molecule has 1 atom stereocenters. The minimum atomic E-state index is -3.16. The van der Waals surface area contributed by atoms with Gasteiger partial charge in [0.1, 0.15) is 5.76 Å². The molecule has 0 radical (unpaired) electrons. The highest BCUT2D eigenvalue weighted by Gasteiger charge is 2.36. The van der Waals surface area contributed by atoms with Crippen LogP contribution in [0.3, 0.4) is 0 Å². The van der Waals surface area contributed by atoms with E-state index in [1.54, 1.807) is 18.2 Å². The third kappa shape index (κ3) is 4.45. The molecule has 2 aromatic heterocycles. The lowest BCUT2D eigenvalue weighted by molar-refractivity contribution is 0.0655. The van der Waals surface area contributed by atoms with E-state index in [2.05, 4.69) is 21.1 Å². The topological polar surface area (TPSA) is 93.6 Å². The molecule has 3 aromatic rings. The normalized spacial score (nSPS) is 18.1. The van der Waals surface area contributed by atoms with Crippen molar-refractivity contribution in [2.75, 3.05) is 11.5 Å². The Bertz CT molecular complexity index is 1130. The number of hydrogen-bond donors (Lipinski definition) is 0. The molecular formula is C20H19BrN2O5S. The second-order valence-electron chi connectivity index (χ2n) is 7.14. The molecule has 1 fully saturated rings. The van der Waals surface area contributed by atoms with E-state index >= 15 is 0 Å². The Morgan fingerprint density at radius 3 is 2.62 bits per heavy atom. The van der Waals surface area contributed by atoms with Gasteiger partial charge in [-0.05, 0) is 41.4 Å². The third-order valence-electron chi connectivity index (χ3n) is 4.93. The number of carbonyl (C=O) groups is 1. The van der Waals surface area contributed by atoms with Crippen LogP contribution in [0.15, 0.2) is 56.1 Å². The Morgan fingerprint density at radius 1 is 1.24 bits per heavy atom. The van der Waals surface area contributed by atoms with Crippen molar-refractivity contribution in [1.82, 2.24) is 10.1 Å². The predicted octanol–water partition coefficient (Wildman–Crippen LogP) is 3.84. The summed E-state index contributed by atoms with van der Waals surface area (Å²) in [6.07, 6.45) is 0.388. The van der Waals surface area contributed by atoms with Crippen LogP contribution in [0.25, 0.3) is 11.3 Å². The van der Waals surface area contributed by atoms with E-state index in [0.29, 0.717) is 22.6 Å². The average molecular weight is 479 g/mol. The van der Waals surface area contributed by atoms with Crippen LogP contribution in [0.5, 0.6) is 0 Å². The Morgan fingerprint density at radius 2 is 2.00 bits per heavy atom. The molecule has 0 bridgehead atoms. The van der Waals surface area contributed by atoms with Gasteiger partial charge in [0.15, 0.2) is 26.0 Å². The molecule has 0 aliphatic carbocycles. The van der Waals surface area contributed by atoms with Crippen LogP contribution < -0.4 is 0 Å². The van der Waals surface area contributed by atoms with E-state index in [1.165, 1.54) is 4.90 Å². The van der Waals surface area contributed by atoms with Crippen LogP contribution in [0.2, 0.25) is 0 Å². The molecule has 0 N–H and O–H groups in total. The summed E-state index contributed by atoms with van der Waals surface area (Å²) < 4.78 is 35.4. The third-order valence-corrected chi connectivity index (χ3v) is 7.11. The molecule has 29 heavy (non-hydrogen) atoms. The van der Waals surface area contributed by atoms with E-state index in [0.717, 1.165) is 11.1 Å². The molecule has 0 saturated carbocycles. The van der Waals surface area contributed by atoms with Gasteiger partial charge in [-0.3, -0.25) is 4.79 Å². The van der Waals surface area contributed by atoms with E-state index in [-0.39, 0.29) is 29.7 Å². The van der Waals surface area contributed by atoms with Crippen LogP contribution in [0.1, 0.15) is 28.2 Å². The molecule has 1 unspecified atom stereocenters. The first-order valence-electron chi connectivity index (χ1n) is 9.10. The number of hydrogen-bond acceptors (Lipinski definition) is 6. The zero-order valence-electron chi connectivity index (χ0n) is 15.7. The fourth-order valence-electron chi connectivity index (χ4n) is 3.37. The minimum Gasteiger partial charge on any atom is -0.452 e. The standard InChI is InChI=1S/C20H19BrN2O5S/c1-13-2-4-14(5-3-13)18-10-17(22-28-18)20(24)23(11-16-6-7-19(21)27-16)15-8-9-29(25,26)12-15/h2-7,10,15H,8-9,11-12H2,1H3. The predicted molar refractivity (Wildman–Crippen MR) is 110 cm³/mol.